The summed E-state index contributed by atoms with van der Waals surface area (Å²) in [7, 11) is 0. The second-order valence-corrected chi connectivity index (χ2v) is 10.3. The average Bonchev–Trinajstić information content (AvgIpc) is 3.57. The minimum atomic E-state index is -0.767. The Balaban J connectivity index is 1.41. The van der Waals surface area contributed by atoms with E-state index in [1.165, 1.54) is 54.8 Å². The molecule has 0 spiro atoms. The van der Waals surface area contributed by atoms with Gasteiger partial charge in [0.15, 0.2) is 5.78 Å². The van der Waals surface area contributed by atoms with Crippen molar-refractivity contribution in [2.45, 2.75) is 13.3 Å². The van der Waals surface area contributed by atoms with Crippen molar-refractivity contribution in [3.63, 3.8) is 0 Å². The number of imide groups is 1. The summed E-state index contributed by atoms with van der Waals surface area (Å²) < 4.78 is 10.2. The number of benzene rings is 2. The van der Waals surface area contributed by atoms with Gasteiger partial charge in [-0.3, -0.25) is 19.2 Å². The molecule has 1 fully saturated rings. The van der Waals surface area contributed by atoms with Gasteiger partial charge in [-0.15, -0.1) is 0 Å². The van der Waals surface area contributed by atoms with Crippen molar-refractivity contribution in [1.29, 1.82) is 0 Å². The Morgan fingerprint density at radius 3 is 2.38 bits per heavy atom. The highest BCUT2D eigenvalue weighted by Crippen LogP contribution is 2.39. The maximum Gasteiger partial charge on any atom is 0.379 e. The molecule has 0 bridgehead atoms. The molecule has 1 saturated heterocycles. The third-order valence-corrected chi connectivity index (χ3v) is 7.63. The minimum absolute atomic E-state index is 0.0154. The van der Waals surface area contributed by atoms with E-state index < -0.39 is 47.9 Å². The molecule has 204 valence electrons. The van der Waals surface area contributed by atoms with Crippen LogP contribution < -0.4 is 4.74 Å². The zero-order valence-electron chi connectivity index (χ0n) is 21.1. The lowest BCUT2D eigenvalue weighted by Crippen LogP contribution is -2.52. The number of hydrazine groups is 1. The van der Waals surface area contributed by atoms with Crippen LogP contribution in [0.4, 0.5) is 0 Å². The van der Waals surface area contributed by atoms with Gasteiger partial charge in [-0.25, -0.2) is 9.80 Å². The van der Waals surface area contributed by atoms with E-state index in [2.05, 4.69) is 0 Å². The summed E-state index contributed by atoms with van der Waals surface area (Å²) in [6.45, 7) is 1.22. The standard InChI is InChI=1S/C29H22Cl2N2O7/c1-16-4-2-5-20-25(16)28(37)33(27(20)36)32(26(35)18-9-12-21(30)22(31)14-18)15-23(34)17-7-10-19(11-8-17)40-29(38)24-6-3-13-39-24/h2-4,6-14,16,20,25H,5,15H2,1H3/t16-,20+,25+/m1/s1. The van der Waals surface area contributed by atoms with Crippen LogP contribution in [0.5, 0.6) is 5.75 Å². The number of fused-ring (bicyclic) bond motifs is 1. The fourth-order valence-electron chi connectivity index (χ4n) is 4.87. The predicted octanol–water partition coefficient (Wildman–Crippen LogP) is 5.24. The summed E-state index contributed by atoms with van der Waals surface area (Å²) in [6.07, 6.45) is 5.41. The first-order valence-electron chi connectivity index (χ1n) is 12.4. The van der Waals surface area contributed by atoms with Crippen LogP contribution in [0, 0.1) is 17.8 Å². The van der Waals surface area contributed by atoms with E-state index in [-0.39, 0.29) is 38.6 Å². The summed E-state index contributed by atoms with van der Waals surface area (Å²) in [5, 5.41) is 1.97. The Labute approximate surface area is 238 Å². The number of esters is 1. The average molecular weight is 581 g/mol. The molecule has 0 radical (unpaired) electrons. The molecule has 40 heavy (non-hydrogen) atoms. The van der Waals surface area contributed by atoms with Crippen molar-refractivity contribution in [1.82, 2.24) is 10.0 Å². The molecular formula is C29H22Cl2N2O7. The summed E-state index contributed by atoms with van der Waals surface area (Å²) in [6, 6.07) is 12.8. The van der Waals surface area contributed by atoms with Crippen LogP contribution in [0.25, 0.3) is 0 Å². The first kappa shape index (κ1) is 27.4. The zero-order chi connectivity index (χ0) is 28.6. The molecule has 2 aromatic carbocycles. The smallest absolute Gasteiger partial charge is 0.379 e. The predicted molar refractivity (Wildman–Crippen MR) is 144 cm³/mol. The molecule has 3 amide bonds. The SMILES string of the molecule is C[C@@H]1C=CC[C@@H]2C(=O)N(N(CC(=O)c3ccc(OC(=O)c4ccco4)cc3)C(=O)c3ccc(Cl)c(Cl)c3)C(=O)[C@@H]12. The number of ketones is 1. The van der Waals surface area contributed by atoms with Crippen molar-refractivity contribution in [3.8, 4) is 5.75 Å². The van der Waals surface area contributed by atoms with Crippen LogP contribution in [0.15, 0.2) is 77.4 Å². The molecular weight excluding hydrogens is 559 g/mol. The van der Waals surface area contributed by atoms with Crippen LogP contribution in [0.2, 0.25) is 10.0 Å². The Kier molecular flexibility index (Phi) is 7.60. The molecule has 1 aromatic heterocycles. The number of furan rings is 1. The molecule has 3 aromatic rings. The van der Waals surface area contributed by atoms with Gasteiger partial charge in [0.05, 0.1) is 28.1 Å². The van der Waals surface area contributed by atoms with E-state index in [1.54, 1.807) is 6.07 Å². The first-order valence-corrected chi connectivity index (χ1v) is 13.1. The van der Waals surface area contributed by atoms with Gasteiger partial charge in [0, 0.05) is 11.1 Å². The third-order valence-electron chi connectivity index (χ3n) is 6.89. The Hall–Kier alpha value is -4.21. The summed E-state index contributed by atoms with van der Waals surface area (Å²) in [5.41, 5.74) is 0.209. The number of rotatable bonds is 7. The molecule has 1 aliphatic heterocycles. The maximum atomic E-state index is 13.7. The molecule has 3 atom stereocenters. The van der Waals surface area contributed by atoms with Crippen LogP contribution in [-0.4, -0.2) is 46.0 Å². The van der Waals surface area contributed by atoms with Gasteiger partial charge in [-0.05, 0) is 66.9 Å². The number of ether oxygens (including phenoxy) is 1. The van der Waals surface area contributed by atoms with Crippen LogP contribution in [0.1, 0.15) is 44.6 Å². The monoisotopic (exact) mass is 580 g/mol. The molecule has 11 heteroatoms. The molecule has 0 saturated carbocycles. The van der Waals surface area contributed by atoms with Gasteiger partial charge >= 0.3 is 5.97 Å². The largest absolute Gasteiger partial charge is 0.457 e. The second kappa shape index (κ2) is 11.1. The van der Waals surface area contributed by atoms with Crippen molar-refractivity contribution in [2.24, 2.45) is 17.8 Å². The topological polar surface area (TPSA) is 114 Å². The van der Waals surface area contributed by atoms with Crippen LogP contribution >= 0.6 is 23.2 Å². The minimum Gasteiger partial charge on any atom is -0.457 e. The van der Waals surface area contributed by atoms with E-state index in [4.69, 9.17) is 32.4 Å². The number of hydrogen-bond acceptors (Lipinski definition) is 7. The Morgan fingerprint density at radius 1 is 1.00 bits per heavy atom. The molecule has 9 nitrogen and oxygen atoms in total. The first-order chi connectivity index (χ1) is 19.2. The van der Waals surface area contributed by atoms with Crippen molar-refractivity contribution >= 4 is 52.7 Å². The van der Waals surface area contributed by atoms with Crippen molar-refractivity contribution in [3.05, 3.63) is 99.9 Å². The number of halogens is 2. The lowest BCUT2D eigenvalue weighted by atomic mass is 9.78. The second-order valence-electron chi connectivity index (χ2n) is 9.45. The number of Topliss-reactive ketones (excluding diaryl/α,β-unsaturated/α-hetero) is 1. The fourth-order valence-corrected chi connectivity index (χ4v) is 5.17. The number of amides is 3. The Bertz CT molecular complexity index is 1530. The quantitative estimate of drug-likeness (QED) is 0.123. The summed E-state index contributed by atoms with van der Waals surface area (Å²) >= 11 is 12.1. The van der Waals surface area contributed by atoms with Crippen LogP contribution in [-0.2, 0) is 9.59 Å². The number of hydrogen-bond donors (Lipinski definition) is 0. The van der Waals surface area contributed by atoms with Gasteiger partial charge in [0.2, 0.25) is 5.76 Å². The van der Waals surface area contributed by atoms with Gasteiger partial charge in [-0.2, -0.15) is 5.01 Å². The van der Waals surface area contributed by atoms with Crippen LogP contribution in [0.3, 0.4) is 0 Å². The van der Waals surface area contributed by atoms with E-state index in [1.807, 2.05) is 19.1 Å². The van der Waals surface area contributed by atoms with E-state index in [0.717, 1.165) is 10.0 Å². The highest BCUT2D eigenvalue weighted by atomic mass is 35.5. The van der Waals surface area contributed by atoms with Crippen molar-refractivity contribution < 1.29 is 33.1 Å². The number of carbonyl (C=O) groups is 5. The molecule has 2 aliphatic rings. The number of allylic oxidation sites excluding steroid dienone is 2. The van der Waals surface area contributed by atoms with Gasteiger partial charge in [0.25, 0.3) is 17.7 Å². The molecule has 5 rings (SSSR count). The maximum absolute atomic E-state index is 13.7. The molecule has 0 unspecified atom stereocenters. The van der Waals surface area contributed by atoms with E-state index >= 15 is 0 Å². The van der Waals surface area contributed by atoms with E-state index in [0.29, 0.717) is 6.42 Å². The number of nitrogens with zero attached hydrogens (tertiary/aromatic N) is 2. The normalized spacial score (nSPS) is 19.9. The lowest BCUT2D eigenvalue weighted by Gasteiger charge is -2.30. The summed E-state index contributed by atoms with van der Waals surface area (Å²) in [5.74, 6) is -4.43. The molecule has 2 heterocycles. The fraction of sp³-hybridized carbons (Fsp3) is 0.207. The lowest BCUT2D eigenvalue weighted by molar-refractivity contribution is -0.154. The number of carbonyl (C=O) groups excluding carboxylic acids is 5. The third kappa shape index (κ3) is 5.17. The van der Waals surface area contributed by atoms with Gasteiger partial charge in [0.1, 0.15) is 12.3 Å². The zero-order valence-corrected chi connectivity index (χ0v) is 22.6. The highest BCUT2D eigenvalue weighted by molar-refractivity contribution is 6.42. The van der Waals surface area contributed by atoms with E-state index in [9.17, 15) is 24.0 Å². The summed E-state index contributed by atoms with van der Waals surface area (Å²) in [4.78, 5) is 66.0. The van der Waals surface area contributed by atoms with Crippen molar-refractivity contribution in [2.75, 3.05) is 6.54 Å². The highest BCUT2D eigenvalue weighted by Gasteiger charge is 2.53. The van der Waals surface area contributed by atoms with Gasteiger partial charge in [-0.1, -0.05) is 42.3 Å². The molecule has 1 aliphatic carbocycles. The van der Waals surface area contributed by atoms with Gasteiger partial charge < -0.3 is 9.15 Å². The Morgan fingerprint density at radius 2 is 1.73 bits per heavy atom. The molecule has 0 N–H and O–H groups in total.